The first kappa shape index (κ1) is 11.9. The van der Waals surface area contributed by atoms with Gasteiger partial charge in [0.05, 0.1) is 5.56 Å². The third kappa shape index (κ3) is 2.95. The third-order valence-electron chi connectivity index (χ3n) is 2.45. The van der Waals surface area contributed by atoms with Gasteiger partial charge in [-0.3, -0.25) is 4.79 Å². The number of hydrogen-bond donors (Lipinski definition) is 1. The third-order valence-corrected chi connectivity index (χ3v) is 2.45. The van der Waals surface area contributed by atoms with Crippen molar-refractivity contribution < 1.29 is 4.79 Å². The van der Waals surface area contributed by atoms with Gasteiger partial charge in [0.1, 0.15) is 11.8 Å². The summed E-state index contributed by atoms with van der Waals surface area (Å²) < 4.78 is 1.98. The van der Waals surface area contributed by atoms with Gasteiger partial charge in [0.25, 0.3) is 5.91 Å². The van der Waals surface area contributed by atoms with Gasteiger partial charge in [0.15, 0.2) is 0 Å². The lowest BCUT2D eigenvalue weighted by atomic mass is 10.2. The van der Waals surface area contributed by atoms with Crippen molar-refractivity contribution in [1.29, 1.82) is 5.26 Å². The Kier molecular flexibility index (Phi) is 3.72. The zero-order chi connectivity index (χ0) is 12.8. The van der Waals surface area contributed by atoms with Gasteiger partial charge in [-0.1, -0.05) is 0 Å². The molecule has 0 saturated heterocycles. The van der Waals surface area contributed by atoms with E-state index in [9.17, 15) is 4.79 Å². The summed E-state index contributed by atoms with van der Waals surface area (Å²) in [6, 6.07) is 8.95. The molecule has 0 spiro atoms. The maximum Gasteiger partial charge on any atom is 0.269 e. The molecule has 0 aliphatic rings. The van der Waals surface area contributed by atoms with Crippen molar-refractivity contribution in [3.63, 3.8) is 0 Å². The predicted molar refractivity (Wildman–Crippen MR) is 65.7 cm³/mol. The minimum absolute atomic E-state index is 0.230. The van der Waals surface area contributed by atoms with Crippen LogP contribution in [0.3, 0.4) is 0 Å². The van der Waals surface area contributed by atoms with Crippen molar-refractivity contribution in [1.82, 2.24) is 14.9 Å². The highest BCUT2D eigenvalue weighted by Crippen LogP contribution is 1.98. The lowest BCUT2D eigenvalue weighted by Gasteiger charge is -2.05. The zero-order valence-corrected chi connectivity index (χ0v) is 9.71. The van der Waals surface area contributed by atoms with Crippen molar-refractivity contribution >= 4 is 5.91 Å². The van der Waals surface area contributed by atoms with E-state index in [0.29, 0.717) is 17.8 Å². The molecule has 0 bridgehead atoms. The van der Waals surface area contributed by atoms with Gasteiger partial charge in [0, 0.05) is 31.7 Å². The molecule has 0 fully saturated rings. The fourth-order valence-corrected chi connectivity index (χ4v) is 1.50. The normalized spacial score (nSPS) is 9.72. The fourth-order valence-electron chi connectivity index (χ4n) is 1.50. The van der Waals surface area contributed by atoms with E-state index in [1.54, 1.807) is 12.1 Å². The van der Waals surface area contributed by atoms with Crippen LogP contribution in [0.15, 0.2) is 42.9 Å². The van der Waals surface area contributed by atoms with Crippen molar-refractivity contribution in [2.24, 2.45) is 0 Å². The number of carbonyl (C=O) groups is 1. The lowest BCUT2D eigenvalue weighted by molar-refractivity contribution is 0.0947. The number of nitrogens with one attached hydrogen (secondary N) is 1. The Bertz CT molecular complexity index is 552. The molecule has 18 heavy (non-hydrogen) atoms. The van der Waals surface area contributed by atoms with Crippen LogP contribution in [-0.4, -0.2) is 22.0 Å². The molecule has 5 nitrogen and oxygen atoms in total. The Morgan fingerprint density at radius 3 is 2.78 bits per heavy atom. The molecular weight excluding hydrogens is 228 g/mol. The molecule has 2 rings (SSSR count). The van der Waals surface area contributed by atoms with Crippen LogP contribution in [0.1, 0.15) is 16.1 Å². The van der Waals surface area contributed by atoms with Crippen molar-refractivity contribution in [3.8, 4) is 6.07 Å². The second-order valence-electron chi connectivity index (χ2n) is 3.72. The van der Waals surface area contributed by atoms with Crippen LogP contribution >= 0.6 is 0 Å². The first-order valence-corrected chi connectivity index (χ1v) is 5.55. The van der Waals surface area contributed by atoms with Crippen molar-refractivity contribution in [2.75, 3.05) is 6.54 Å². The van der Waals surface area contributed by atoms with Crippen molar-refractivity contribution in [3.05, 3.63) is 54.1 Å². The van der Waals surface area contributed by atoms with Gasteiger partial charge >= 0.3 is 0 Å². The first-order chi connectivity index (χ1) is 8.79. The maximum absolute atomic E-state index is 11.7. The molecule has 0 atom stereocenters. The van der Waals surface area contributed by atoms with Crippen LogP contribution in [-0.2, 0) is 6.54 Å². The van der Waals surface area contributed by atoms with Gasteiger partial charge in [-0.15, -0.1) is 0 Å². The highest BCUT2D eigenvalue weighted by Gasteiger charge is 2.05. The van der Waals surface area contributed by atoms with E-state index in [2.05, 4.69) is 10.3 Å². The molecule has 2 aromatic heterocycles. The largest absolute Gasteiger partial charge is 0.353 e. The molecule has 0 aromatic carbocycles. The second-order valence-corrected chi connectivity index (χ2v) is 3.72. The summed E-state index contributed by atoms with van der Waals surface area (Å²) in [5, 5.41) is 11.4. The number of hydrogen-bond acceptors (Lipinski definition) is 3. The molecule has 90 valence electrons. The number of pyridine rings is 1. The number of nitrogens with zero attached hydrogens (tertiary/aromatic N) is 3. The monoisotopic (exact) mass is 240 g/mol. The summed E-state index contributed by atoms with van der Waals surface area (Å²) in [7, 11) is 0. The Labute approximate surface area is 105 Å². The minimum Gasteiger partial charge on any atom is -0.353 e. The summed E-state index contributed by atoms with van der Waals surface area (Å²) in [5.41, 5.74) is 0.764. The number of nitriles is 1. The van der Waals surface area contributed by atoms with E-state index < -0.39 is 0 Å². The Hall–Kier alpha value is -2.61. The van der Waals surface area contributed by atoms with Crippen LogP contribution in [0.4, 0.5) is 0 Å². The smallest absolute Gasteiger partial charge is 0.269 e. The van der Waals surface area contributed by atoms with E-state index in [1.165, 1.54) is 6.20 Å². The minimum atomic E-state index is -0.230. The summed E-state index contributed by atoms with van der Waals surface area (Å²) >= 11 is 0. The van der Waals surface area contributed by atoms with Gasteiger partial charge in [-0.2, -0.15) is 5.26 Å². The van der Waals surface area contributed by atoms with Crippen LogP contribution < -0.4 is 5.32 Å². The molecule has 5 heteroatoms. The molecule has 0 unspecified atom stereocenters. The SMILES string of the molecule is N#Cc1ccc(C(=O)NCCn2cccc2)nc1. The predicted octanol–water partition coefficient (Wildman–Crippen LogP) is 1.18. The van der Waals surface area contributed by atoms with Gasteiger partial charge in [0.2, 0.25) is 0 Å². The number of carbonyl (C=O) groups excluding carboxylic acids is 1. The highest BCUT2D eigenvalue weighted by atomic mass is 16.1. The lowest BCUT2D eigenvalue weighted by Crippen LogP contribution is -2.27. The van der Waals surface area contributed by atoms with E-state index in [-0.39, 0.29) is 5.91 Å². The first-order valence-electron chi connectivity index (χ1n) is 5.55. The summed E-state index contributed by atoms with van der Waals surface area (Å²) in [6.07, 6.45) is 5.26. The van der Waals surface area contributed by atoms with E-state index >= 15 is 0 Å². The second kappa shape index (κ2) is 5.64. The summed E-state index contributed by atoms with van der Waals surface area (Å²) in [5.74, 6) is -0.230. The number of aromatic nitrogens is 2. The molecule has 1 amide bonds. The topological polar surface area (TPSA) is 70.7 Å². The molecule has 0 aliphatic carbocycles. The van der Waals surface area contributed by atoms with Crippen LogP contribution in [0, 0.1) is 11.3 Å². The van der Waals surface area contributed by atoms with Gasteiger partial charge in [-0.05, 0) is 24.3 Å². The van der Waals surface area contributed by atoms with Gasteiger partial charge < -0.3 is 9.88 Å². The highest BCUT2D eigenvalue weighted by molar-refractivity contribution is 5.92. The van der Waals surface area contributed by atoms with Crippen LogP contribution in [0.25, 0.3) is 0 Å². The zero-order valence-electron chi connectivity index (χ0n) is 9.71. The van der Waals surface area contributed by atoms with E-state index in [0.717, 1.165) is 6.54 Å². The van der Waals surface area contributed by atoms with E-state index in [4.69, 9.17) is 5.26 Å². The number of amides is 1. The summed E-state index contributed by atoms with van der Waals surface area (Å²) in [6.45, 7) is 1.25. The fraction of sp³-hybridized carbons (Fsp3) is 0.154. The van der Waals surface area contributed by atoms with E-state index in [1.807, 2.05) is 35.2 Å². The molecule has 0 radical (unpaired) electrons. The van der Waals surface area contributed by atoms with Crippen LogP contribution in [0.2, 0.25) is 0 Å². The Morgan fingerprint density at radius 1 is 1.39 bits per heavy atom. The quantitative estimate of drug-likeness (QED) is 0.872. The molecular formula is C13H12N4O. The number of rotatable bonds is 4. The summed E-state index contributed by atoms with van der Waals surface area (Å²) in [4.78, 5) is 15.6. The van der Waals surface area contributed by atoms with Crippen molar-refractivity contribution in [2.45, 2.75) is 6.54 Å². The average Bonchev–Trinajstić information content (AvgIpc) is 2.92. The molecule has 2 heterocycles. The molecule has 0 aliphatic heterocycles. The maximum atomic E-state index is 11.7. The van der Waals surface area contributed by atoms with Crippen LogP contribution in [0.5, 0.6) is 0 Å². The Morgan fingerprint density at radius 2 is 2.17 bits per heavy atom. The molecule has 2 aromatic rings. The molecule has 1 N–H and O–H groups in total. The van der Waals surface area contributed by atoms with Gasteiger partial charge in [-0.25, -0.2) is 4.98 Å². The molecule has 0 saturated carbocycles. The Balaban J connectivity index is 1.86. The average molecular weight is 240 g/mol. The standard InChI is InChI=1S/C13H12N4O/c14-9-11-3-4-12(16-10-11)13(18)15-5-8-17-6-1-2-7-17/h1-4,6-7,10H,5,8H2,(H,15,18).